The molecule has 5 rings (SSSR count). The molecule has 0 radical (unpaired) electrons. The minimum atomic E-state index is -5.08. The van der Waals surface area contributed by atoms with Crippen LogP contribution < -0.4 is 16.3 Å². The van der Waals surface area contributed by atoms with Crippen molar-refractivity contribution in [3.8, 4) is 0 Å². The van der Waals surface area contributed by atoms with Crippen molar-refractivity contribution in [1.82, 2.24) is 25.3 Å². The highest BCUT2D eigenvalue weighted by atomic mass is 32.1. The normalized spacial score (nSPS) is 13.4. The average Bonchev–Trinajstić information content (AvgIpc) is 3.76. The Labute approximate surface area is 299 Å². The summed E-state index contributed by atoms with van der Waals surface area (Å²) < 4.78 is 40.0. The zero-order valence-electron chi connectivity index (χ0n) is 29.1. The highest BCUT2D eigenvalue weighted by Crippen LogP contribution is 2.30. The molecule has 0 bridgehead atoms. The van der Waals surface area contributed by atoms with E-state index >= 15 is 0 Å². The monoisotopic (exact) mass is 744 g/mol. The van der Waals surface area contributed by atoms with E-state index in [1.54, 1.807) is 41.1 Å². The van der Waals surface area contributed by atoms with Gasteiger partial charge in [-0.1, -0.05) is 44.9 Å². The van der Waals surface area contributed by atoms with E-state index in [0.29, 0.717) is 29.6 Å². The van der Waals surface area contributed by atoms with Gasteiger partial charge < -0.3 is 25.3 Å². The average molecular weight is 745 g/mol. The number of carboxylic acids is 2. The lowest BCUT2D eigenvalue weighted by Gasteiger charge is -2.33. The first-order valence-electron chi connectivity index (χ1n) is 16.3. The number of amides is 1. The van der Waals surface area contributed by atoms with Crippen LogP contribution in [0.15, 0.2) is 57.3 Å². The summed E-state index contributed by atoms with van der Waals surface area (Å²) in [5.41, 5.74) is 4.84. The number of benzene rings is 2. The molecule has 2 atom stereocenters. The van der Waals surface area contributed by atoms with Crippen molar-refractivity contribution >= 4 is 56.1 Å². The van der Waals surface area contributed by atoms with Crippen LogP contribution in [0.25, 0.3) is 21.2 Å². The lowest BCUT2D eigenvalue weighted by Crippen LogP contribution is -2.44. The number of rotatable bonds is 13. The van der Waals surface area contributed by atoms with Gasteiger partial charge in [0.1, 0.15) is 17.3 Å². The number of anilines is 1. The molecule has 52 heavy (non-hydrogen) atoms. The third-order valence-corrected chi connectivity index (χ3v) is 9.64. The van der Waals surface area contributed by atoms with E-state index in [1.165, 1.54) is 0 Å². The number of nitrogens with zero attached hydrogens (tertiary/aromatic N) is 4. The van der Waals surface area contributed by atoms with Crippen LogP contribution in [0.2, 0.25) is 0 Å². The second-order valence-electron chi connectivity index (χ2n) is 12.7. The van der Waals surface area contributed by atoms with Crippen LogP contribution >= 0.6 is 11.3 Å². The lowest BCUT2D eigenvalue weighted by molar-refractivity contribution is -0.192. The van der Waals surface area contributed by atoms with Gasteiger partial charge in [0.15, 0.2) is 0 Å². The molecule has 0 unspecified atom stereocenters. The zero-order chi connectivity index (χ0) is 38.4. The molecule has 3 heterocycles. The molecule has 0 saturated carbocycles. The number of halogens is 3. The molecule has 4 N–H and O–H groups in total. The molecule has 0 spiro atoms. The van der Waals surface area contributed by atoms with E-state index in [4.69, 9.17) is 19.4 Å². The minimum absolute atomic E-state index is 0.108. The number of hydrogen-bond acceptors (Lipinski definition) is 10. The van der Waals surface area contributed by atoms with Crippen LogP contribution in [0.4, 0.5) is 18.9 Å². The van der Waals surface area contributed by atoms with E-state index < -0.39 is 41.7 Å². The third kappa shape index (κ3) is 9.38. The van der Waals surface area contributed by atoms with E-state index in [1.807, 2.05) is 11.7 Å². The number of aryl methyl sites for hydroxylation is 1. The number of carbonyl (C=O) groups is 3. The van der Waals surface area contributed by atoms with Gasteiger partial charge in [0.2, 0.25) is 5.91 Å². The topological polar surface area (TPSA) is 190 Å². The van der Waals surface area contributed by atoms with Gasteiger partial charge in [-0.15, -0.1) is 16.4 Å². The lowest BCUT2D eigenvalue weighted by atomic mass is 9.85. The maximum atomic E-state index is 13.7. The summed E-state index contributed by atoms with van der Waals surface area (Å²) >= 11 is 1.62. The Hall–Kier alpha value is -5.16. The standard InChI is InChI=1S/C33H38N6O5S.C2HF3O2/c1-6-7-8-26(31(42)36-22-10-11-23-20(4)24(15-30(40)41)32(43)44-27(23)14-22)39-17-29(37-38-39)33(5,19(2)3)35-16-21-9-12-28-25(13-21)34-18-45-28;3-2(4,5)1(6)7/h9-14,17-19,26,35H,6-8,15-16H2,1-5H3,(H,36,42)(H,40,41);(H,6,7)/t26-,33-;/m0./s1. The summed E-state index contributed by atoms with van der Waals surface area (Å²) in [4.78, 5) is 50.7. The van der Waals surface area contributed by atoms with Gasteiger partial charge in [-0.2, -0.15) is 13.2 Å². The first-order chi connectivity index (χ1) is 24.4. The number of nitrogens with one attached hydrogen (secondary N) is 2. The molecule has 0 aliphatic carbocycles. The number of aliphatic carboxylic acids is 2. The van der Waals surface area contributed by atoms with Gasteiger partial charge in [-0.3, -0.25) is 9.59 Å². The van der Waals surface area contributed by atoms with Crippen LogP contribution in [-0.2, 0) is 32.9 Å². The summed E-state index contributed by atoms with van der Waals surface area (Å²) in [6, 6.07) is 10.7. The van der Waals surface area contributed by atoms with E-state index in [9.17, 15) is 27.6 Å². The van der Waals surface area contributed by atoms with Gasteiger partial charge in [0.05, 0.1) is 39.4 Å². The number of hydrogen-bond donors (Lipinski definition) is 4. The van der Waals surface area contributed by atoms with Gasteiger partial charge in [-0.05, 0) is 61.6 Å². The second kappa shape index (κ2) is 16.5. The molecule has 3 aromatic heterocycles. The predicted octanol–water partition coefficient (Wildman–Crippen LogP) is 6.59. The first-order valence-corrected chi connectivity index (χ1v) is 17.2. The Morgan fingerprint density at radius 1 is 1.10 bits per heavy atom. The first kappa shape index (κ1) is 39.6. The predicted molar refractivity (Wildman–Crippen MR) is 188 cm³/mol. The Kier molecular flexibility index (Phi) is 12.5. The molecule has 0 saturated heterocycles. The molecule has 17 heteroatoms. The molecular weight excluding hydrogens is 705 g/mol. The van der Waals surface area contributed by atoms with Crippen LogP contribution in [-0.4, -0.2) is 54.2 Å². The van der Waals surface area contributed by atoms with Crippen LogP contribution in [0, 0.1) is 12.8 Å². The second-order valence-corrected chi connectivity index (χ2v) is 13.6. The Morgan fingerprint density at radius 2 is 1.81 bits per heavy atom. The third-order valence-electron chi connectivity index (χ3n) is 8.83. The Bertz CT molecular complexity index is 2130. The van der Waals surface area contributed by atoms with Crippen molar-refractivity contribution in [2.24, 2.45) is 5.92 Å². The molecule has 0 aliphatic rings. The van der Waals surface area contributed by atoms with Crippen LogP contribution in [0.5, 0.6) is 0 Å². The summed E-state index contributed by atoms with van der Waals surface area (Å²) in [5, 5.41) is 32.5. The number of alkyl halides is 3. The number of aromatic nitrogens is 4. The van der Waals surface area contributed by atoms with Crippen LogP contribution in [0.1, 0.15) is 75.4 Å². The van der Waals surface area contributed by atoms with Crippen molar-refractivity contribution < 1.29 is 42.2 Å². The van der Waals surface area contributed by atoms with Crippen molar-refractivity contribution in [3.63, 3.8) is 0 Å². The highest BCUT2D eigenvalue weighted by Gasteiger charge is 2.38. The molecule has 278 valence electrons. The molecule has 2 aromatic carbocycles. The van der Waals surface area contributed by atoms with Gasteiger partial charge in [0.25, 0.3) is 0 Å². The molecule has 5 aromatic rings. The quantitative estimate of drug-likeness (QED) is 0.0952. The SMILES string of the molecule is CCCC[C@@H](C(=O)Nc1ccc2c(C)c(CC(=O)O)c(=O)oc2c1)n1cc([C@@](C)(NCc2ccc3scnc3c2)C(C)C)nn1.O=C(O)C(F)(F)F. The number of unbranched alkanes of at least 4 members (excludes halogenated alkanes) is 1. The fourth-order valence-electron chi connectivity index (χ4n) is 5.39. The Balaban J connectivity index is 0.000000785. The summed E-state index contributed by atoms with van der Waals surface area (Å²) in [7, 11) is 0. The van der Waals surface area contributed by atoms with Crippen LogP contribution in [0.3, 0.4) is 0 Å². The van der Waals surface area contributed by atoms with Crippen molar-refractivity contribution in [2.75, 3.05) is 5.32 Å². The molecule has 0 aliphatic heterocycles. The maximum absolute atomic E-state index is 13.7. The largest absolute Gasteiger partial charge is 0.490 e. The van der Waals surface area contributed by atoms with E-state index in [2.05, 4.69) is 71.8 Å². The zero-order valence-corrected chi connectivity index (χ0v) is 29.9. The van der Waals surface area contributed by atoms with E-state index in [0.717, 1.165) is 34.3 Å². The van der Waals surface area contributed by atoms with Crippen molar-refractivity contribution in [2.45, 2.75) is 84.6 Å². The summed E-state index contributed by atoms with van der Waals surface area (Å²) in [6.45, 7) is 10.7. The summed E-state index contributed by atoms with van der Waals surface area (Å²) in [5.74, 6) is -3.97. The maximum Gasteiger partial charge on any atom is 0.490 e. The number of thiazole rings is 1. The minimum Gasteiger partial charge on any atom is -0.481 e. The number of carboxylic acid groups (broad SMARTS) is 2. The number of carbonyl (C=O) groups excluding carboxylic acids is 1. The fraction of sp³-hybridized carbons (Fsp3) is 0.400. The van der Waals surface area contributed by atoms with Gasteiger partial charge in [-0.25, -0.2) is 19.3 Å². The molecular formula is C35H39F3N6O7S. The van der Waals surface area contributed by atoms with Crippen molar-refractivity contribution in [1.29, 1.82) is 0 Å². The summed E-state index contributed by atoms with van der Waals surface area (Å²) in [6.07, 6.45) is -1.38. The smallest absolute Gasteiger partial charge is 0.481 e. The molecule has 13 nitrogen and oxygen atoms in total. The molecule has 0 fully saturated rings. The molecule has 1 amide bonds. The Morgan fingerprint density at radius 3 is 2.44 bits per heavy atom. The number of fused-ring (bicyclic) bond motifs is 2. The van der Waals surface area contributed by atoms with Gasteiger partial charge >= 0.3 is 23.7 Å². The van der Waals surface area contributed by atoms with Crippen molar-refractivity contribution in [3.05, 3.63) is 80.9 Å². The highest BCUT2D eigenvalue weighted by molar-refractivity contribution is 7.16. The van der Waals surface area contributed by atoms with Gasteiger partial charge in [0, 0.05) is 23.7 Å². The fourth-order valence-corrected chi connectivity index (χ4v) is 6.05. The van der Waals surface area contributed by atoms with E-state index in [-0.39, 0.29) is 23.0 Å².